The van der Waals surface area contributed by atoms with Crippen molar-refractivity contribution in [2.45, 2.75) is 89.9 Å². The molecule has 0 spiro atoms. The fourth-order valence-electron chi connectivity index (χ4n) is 5.21. The Labute approximate surface area is 195 Å². The topological polar surface area (TPSA) is 90.0 Å². The normalized spacial score (nSPS) is 24.0. The highest BCUT2D eigenvalue weighted by molar-refractivity contribution is 6.09. The summed E-state index contributed by atoms with van der Waals surface area (Å²) in [6.45, 7) is 2.84. The fraction of sp³-hybridized carbons (Fsp3) is 0.600. The van der Waals surface area contributed by atoms with Gasteiger partial charge >= 0.3 is 0 Å². The van der Waals surface area contributed by atoms with E-state index in [9.17, 15) is 19.2 Å². The molecule has 0 radical (unpaired) electrons. The Morgan fingerprint density at radius 3 is 2.24 bits per heavy atom. The third kappa shape index (κ3) is 5.04. The number of unbranched alkanes of at least 4 members (excludes halogenated alkanes) is 3. The van der Waals surface area contributed by atoms with E-state index in [-0.39, 0.29) is 48.8 Å². The molecule has 8 heteroatoms. The summed E-state index contributed by atoms with van der Waals surface area (Å²) in [4.78, 5) is 55.3. The van der Waals surface area contributed by atoms with E-state index in [1.165, 1.54) is 0 Å². The van der Waals surface area contributed by atoms with Crippen LogP contribution in [0, 0.1) is 0 Å². The summed E-state index contributed by atoms with van der Waals surface area (Å²) in [5, 5.41) is 2.96. The quantitative estimate of drug-likeness (QED) is 0.506. The number of fused-ring (bicyclic) bond motifs is 1. The number of hydrogen-bond acceptors (Lipinski definition) is 4. The van der Waals surface area contributed by atoms with Crippen molar-refractivity contribution in [3.8, 4) is 0 Å². The maximum atomic E-state index is 12.8. The Morgan fingerprint density at radius 2 is 1.52 bits per heavy atom. The molecule has 2 atom stereocenters. The molecule has 8 nitrogen and oxygen atoms in total. The van der Waals surface area contributed by atoms with Crippen LogP contribution in [-0.4, -0.2) is 47.4 Å². The smallest absolute Gasteiger partial charge is 0.238 e. The van der Waals surface area contributed by atoms with E-state index in [0.29, 0.717) is 18.7 Å². The van der Waals surface area contributed by atoms with Crippen molar-refractivity contribution < 1.29 is 19.2 Å². The number of amides is 4. The minimum absolute atomic E-state index is 0.0830. The van der Waals surface area contributed by atoms with Gasteiger partial charge in [-0.2, -0.15) is 0 Å². The zero-order valence-electron chi connectivity index (χ0n) is 19.4. The standard InChI is InChI=1S/C25H34N4O4/c1-2-3-4-6-9-20-26-21(30)16-24(32)28(20)18-11-13-19(14-12-18)29-22-10-7-5-8-15-27(22)23(31)17-25(29)33/h11-14,20,22H,2-10,15-17H2,1H3,(H,26,30). The van der Waals surface area contributed by atoms with E-state index in [1.807, 2.05) is 29.2 Å². The van der Waals surface area contributed by atoms with Crippen LogP contribution in [0.25, 0.3) is 0 Å². The molecule has 3 heterocycles. The number of nitrogens with zero attached hydrogens (tertiary/aromatic N) is 3. The van der Waals surface area contributed by atoms with Gasteiger partial charge in [0.05, 0.1) is 0 Å². The molecular formula is C25H34N4O4. The molecule has 1 aromatic carbocycles. The van der Waals surface area contributed by atoms with Crippen LogP contribution < -0.4 is 15.1 Å². The van der Waals surface area contributed by atoms with Crippen LogP contribution in [-0.2, 0) is 19.2 Å². The lowest BCUT2D eigenvalue weighted by Gasteiger charge is -2.43. The molecule has 3 saturated heterocycles. The maximum Gasteiger partial charge on any atom is 0.238 e. The summed E-state index contributed by atoms with van der Waals surface area (Å²) >= 11 is 0. The number of anilines is 2. The molecule has 1 N–H and O–H groups in total. The van der Waals surface area contributed by atoms with Crippen molar-refractivity contribution in [3.05, 3.63) is 24.3 Å². The average molecular weight is 455 g/mol. The second-order valence-corrected chi connectivity index (χ2v) is 9.25. The van der Waals surface area contributed by atoms with Gasteiger partial charge in [-0.25, -0.2) is 0 Å². The van der Waals surface area contributed by atoms with Crippen molar-refractivity contribution in [2.24, 2.45) is 0 Å². The van der Waals surface area contributed by atoms with E-state index >= 15 is 0 Å². The molecular weight excluding hydrogens is 420 g/mol. The number of carbonyl (C=O) groups is 4. The summed E-state index contributed by atoms with van der Waals surface area (Å²) in [6.07, 6.45) is 7.90. The first-order valence-corrected chi connectivity index (χ1v) is 12.3. The highest BCUT2D eigenvalue weighted by Crippen LogP contribution is 2.32. The molecule has 33 heavy (non-hydrogen) atoms. The summed E-state index contributed by atoms with van der Waals surface area (Å²) in [7, 11) is 0. The molecule has 3 aliphatic heterocycles. The van der Waals surface area contributed by atoms with E-state index in [2.05, 4.69) is 12.2 Å². The van der Waals surface area contributed by atoms with Gasteiger partial charge in [0.2, 0.25) is 23.6 Å². The van der Waals surface area contributed by atoms with Crippen LogP contribution >= 0.6 is 0 Å². The van der Waals surface area contributed by atoms with Crippen LogP contribution in [0.1, 0.15) is 77.6 Å². The largest absolute Gasteiger partial charge is 0.335 e. The van der Waals surface area contributed by atoms with Gasteiger partial charge in [-0.15, -0.1) is 0 Å². The molecule has 0 aliphatic carbocycles. The number of hydrogen-bond donors (Lipinski definition) is 1. The van der Waals surface area contributed by atoms with Gasteiger partial charge < -0.3 is 10.2 Å². The number of rotatable bonds is 7. The second-order valence-electron chi connectivity index (χ2n) is 9.25. The molecule has 0 saturated carbocycles. The first kappa shape index (κ1) is 23.3. The summed E-state index contributed by atoms with van der Waals surface area (Å²) < 4.78 is 0. The Hall–Kier alpha value is -2.90. The molecule has 0 bridgehead atoms. The van der Waals surface area contributed by atoms with Crippen molar-refractivity contribution in [1.29, 1.82) is 0 Å². The molecule has 2 unspecified atom stereocenters. The molecule has 0 aromatic heterocycles. The third-order valence-electron chi connectivity index (χ3n) is 6.87. The van der Waals surface area contributed by atoms with E-state index in [1.54, 1.807) is 9.80 Å². The zero-order chi connectivity index (χ0) is 23.4. The highest BCUT2D eigenvalue weighted by Gasteiger charge is 2.40. The van der Waals surface area contributed by atoms with Crippen LogP contribution in [0.15, 0.2) is 24.3 Å². The van der Waals surface area contributed by atoms with Gasteiger partial charge in [0.15, 0.2) is 0 Å². The van der Waals surface area contributed by atoms with Crippen molar-refractivity contribution in [1.82, 2.24) is 10.2 Å². The van der Waals surface area contributed by atoms with Gasteiger partial charge in [-0.1, -0.05) is 32.6 Å². The Morgan fingerprint density at radius 1 is 0.818 bits per heavy atom. The lowest BCUT2D eigenvalue weighted by atomic mass is 10.1. The van der Waals surface area contributed by atoms with Crippen molar-refractivity contribution in [3.63, 3.8) is 0 Å². The van der Waals surface area contributed by atoms with Gasteiger partial charge in [-0.05, 0) is 56.4 Å². The number of nitrogens with one attached hydrogen (secondary N) is 1. The third-order valence-corrected chi connectivity index (χ3v) is 6.87. The molecule has 4 rings (SSSR count). The molecule has 4 amide bonds. The Kier molecular flexibility index (Phi) is 7.30. The minimum Gasteiger partial charge on any atom is -0.335 e. The Bertz CT molecular complexity index is 900. The van der Waals surface area contributed by atoms with Gasteiger partial charge in [0, 0.05) is 17.9 Å². The van der Waals surface area contributed by atoms with Crippen LogP contribution in [0.3, 0.4) is 0 Å². The van der Waals surface area contributed by atoms with Gasteiger partial charge in [-0.3, -0.25) is 29.0 Å². The minimum atomic E-state index is -0.354. The van der Waals surface area contributed by atoms with Crippen molar-refractivity contribution >= 4 is 35.0 Å². The number of carbonyl (C=O) groups excluding carboxylic acids is 4. The summed E-state index contributed by atoms with van der Waals surface area (Å²) in [6, 6.07) is 7.39. The number of benzene rings is 1. The molecule has 178 valence electrons. The highest BCUT2D eigenvalue weighted by atomic mass is 16.2. The van der Waals surface area contributed by atoms with E-state index < -0.39 is 0 Å². The van der Waals surface area contributed by atoms with Crippen LogP contribution in [0.4, 0.5) is 11.4 Å². The first-order chi connectivity index (χ1) is 16.0. The monoisotopic (exact) mass is 454 g/mol. The van der Waals surface area contributed by atoms with Crippen LogP contribution in [0.5, 0.6) is 0 Å². The maximum absolute atomic E-state index is 12.8. The summed E-state index contributed by atoms with van der Waals surface area (Å²) in [5.74, 6) is -0.696. The first-order valence-electron chi connectivity index (χ1n) is 12.3. The molecule has 3 aliphatic rings. The van der Waals surface area contributed by atoms with Crippen LogP contribution in [0.2, 0.25) is 0 Å². The predicted octanol–water partition coefficient (Wildman–Crippen LogP) is 3.30. The lowest BCUT2D eigenvalue weighted by Crippen LogP contribution is -2.58. The van der Waals surface area contributed by atoms with Gasteiger partial charge in [0.1, 0.15) is 25.2 Å². The average Bonchev–Trinajstić information content (AvgIpc) is 3.04. The summed E-state index contributed by atoms with van der Waals surface area (Å²) in [5.41, 5.74) is 1.45. The second kappa shape index (κ2) is 10.4. The van der Waals surface area contributed by atoms with E-state index in [4.69, 9.17) is 0 Å². The zero-order valence-corrected chi connectivity index (χ0v) is 19.4. The molecule has 3 fully saturated rings. The SMILES string of the molecule is CCCCCCC1NC(=O)CC(=O)N1c1ccc(N2C(=O)CC(=O)N3CCCCCC32)cc1. The fourth-order valence-corrected chi connectivity index (χ4v) is 5.21. The molecule has 1 aromatic rings. The Balaban J connectivity index is 1.54. The predicted molar refractivity (Wildman–Crippen MR) is 125 cm³/mol. The van der Waals surface area contributed by atoms with Gasteiger partial charge in [0.25, 0.3) is 0 Å². The lowest BCUT2D eigenvalue weighted by molar-refractivity contribution is -0.142. The van der Waals surface area contributed by atoms with E-state index in [0.717, 1.165) is 57.1 Å². The van der Waals surface area contributed by atoms with Crippen molar-refractivity contribution in [2.75, 3.05) is 16.3 Å².